The van der Waals surface area contributed by atoms with Crippen molar-refractivity contribution >= 4 is 33.7 Å². The zero-order valence-corrected chi connectivity index (χ0v) is 12.9. The predicted molar refractivity (Wildman–Crippen MR) is 79.5 cm³/mol. The van der Waals surface area contributed by atoms with E-state index in [4.69, 9.17) is 4.74 Å². The first-order valence-electron chi connectivity index (χ1n) is 5.96. The first-order chi connectivity index (χ1) is 9.47. The number of carbonyl (C=O) groups excluding carboxylic acids is 2. The lowest BCUT2D eigenvalue weighted by Gasteiger charge is -2.17. The molecule has 0 saturated carbocycles. The number of ether oxygens (including phenoxy) is 2. The Hall–Kier alpha value is -1.82. The molecular weight excluding hydrogens is 326 g/mol. The lowest BCUT2D eigenvalue weighted by Crippen LogP contribution is -2.31. The average Bonchev–Trinajstić information content (AvgIpc) is 2.45. The first-order valence-corrected chi connectivity index (χ1v) is 6.76. The number of benzene rings is 1. The van der Waals surface area contributed by atoms with Crippen LogP contribution in [0.1, 0.15) is 13.3 Å². The summed E-state index contributed by atoms with van der Waals surface area (Å²) in [5.41, 5.74) is 1.03. The Balaban J connectivity index is 2.68. The van der Waals surface area contributed by atoms with Crippen LogP contribution in [-0.4, -0.2) is 25.3 Å². The highest BCUT2D eigenvalue weighted by atomic mass is 79.9. The molecule has 5 nitrogen and oxygen atoms in total. The van der Waals surface area contributed by atoms with Gasteiger partial charge in [-0.05, 0) is 36.3 Å². The van der Waals surface area contributed by atoms with Crippen molar-refractivity contribution in [3.8, 4) is 0 Å². The summed E-state index contributed by atoms with van der Waals surface area (Å²) in [6.45, 7) is 5.52. The van der Waals surface area contributed by atoms with E-state index in [0.29, 0.717) is 17.7 Å². The van der Waals surface area contributed by atoms with Crippen LogP contribution in [0.3, 0.4) is 0 Å². The fourth-order valence-corrected chi connectivity index (χ4v) is 1.64. The Kier molecular flexibility index (Phi) is 6.24. The van der Waals surface area contributed by atoms with Gasteiger partial charge in [-0.15, -0.1) is 0 Å². The maximum absolute atomic E-state index is 11.8. The molecule has 0 radical (unpaired) electrons. The number of carbonyl (C=O) groups is 2. The number of hydrogen-bond donors (Lipinski definition) is 1. The van der Waals surface area contributed by atoms with Crippen LogP contribution in [0, 0.1) is 0 Å². The van der Waals surface area contributed by atoms with Gasteiger partial charge in [-0.2, -0.15) is 0 Å². The molecule has 0 saturated heterocycles. The van der Waals surface area contributed by atoms with Crippen LogP contribution < -0.4 is 5.32 Å². The Morgan fingerprint density at radius 2 is 1.95 bits per heavy atom. The zero-order chi connectivity index (χ0) is 15.1. The van der Waals surface area contributed by atoms with E-state index in [2.05, 4.69) is 32.6 Å². The number of halogens is 1. The summed E-state index contributed by atoms with van der Waals surface area (Å²) in [5, 5.41) is 2.53. The lowest BCUT2D eigenvalue weighted by molar-refractivity contribution is -0.148. The fourth-order valence-electron chi connectivity index (χ4n) is 1.38. The van der Waals surface area contributed by atoms with Crippen molar-refractivity contribution in [1.29, 1.82) is 0 Å². The smallest absolute Gasteiger partial charge is 0.412 e. The number of methoxy groups -OCH3 is 1. The lowest BCUT2D eigenvalue weighted by atomic mass is 10.1. The highest BCUT2D eigenvalue weighted by molar-refractivity contribution is 9.10. The third-order valence-corrected chi connectivity index (χ3v) is 3.08. The van der Waals surface area contributed by atoms with E-state index in [0.717, 1.165) is 4.47 Å². The molecule has 0 fully saturated rings. The standard InChI is InChI=1S/C14H16BrNO4/c1-4-9(2)12(13(17)19-3)20-14(18)16-11-7-5-10(15)6-8-11/h5-8,12H,2,4H2,1,3H3,(H,16,18). The molecule has 1 rings (SSSR count). The normalized spacial score (nSPS) is 11.3. The van der Waals surface area contributed by atoms with Gasteiger partial charge in [-0.3, -0.25) is 5.32 Å². The van der Waals surface area contributed by atoms with Gasteiger partial charge in [-0.25, -0.2) is 9.59 Å². The summed E-state index contributed by atoms with van der Waals surface area (Å²) < 4.78 is 10.5. The Morgan fingerprint density at radius 1 is 1.35 bits per heavy atom. The van der Waals surface area contributed by atoms with Crippen LogP contribution >= 0.6 is 15.9 Å². The summed E-state index contributed by atoms with van der Waals surface area (Å²) in [6.07, 6.45) is -1.33. The van der Waals surface area contributed by atoms with Crippen molar-refractivity contribution in [2.24, 2.45) is 0 Å². The molecule has 108 valence electrons. The van der Waals surface area contributed by atoms with Crippen molar-refractivity contribution in [1.82, 2.24) is 0 Å². The summed E-state index contributed by atoms with van der Waals surface area (Å²) in [5.74, 6) is -0.650. The quantitative estimate of drug-likeness (QED) is 0.657. The molecule has 1 unspecified atom stereocenters. The van der Waals surface area contributed by atoms with Crippen LogP contribution in [0.25, 0.3) is 0 Å². The number of amides is 1. The molecule has 0 aliphatic heterocycles. The van der Waals surface area contributed by atoms with Gasteiger partial charge in [-0.1, -0.05) is 29.4 Å². The molecule has 1 aromatic carbocycles. The Bertz CT molecular complexity index is 482. The topological polar surface area (TPSA) is 64.6 Å². The monoisotopic (exact) mass is 341 g/mol. The van der Waals surface area contributed by atoms with Gasteiger partial charge in [0.05, 0.1) is 7.11 Å². The van der Waals surface area contributed by atoms with Gasteiger partial charge in [0.2, 0.25) is 6.10 Å². The van der Waals surface area contributed by atoms with E-state index in [1.807, 2.05) is 6.92 Å². The van der Waals surface area contributed by atoms with Crippen LogP contribution in [0.4, 0.5) is 10.5 Å². The van der Waals surface area contributed by atoms with Crippen molar-refractivity contribution in [3.63, 3.8) is 0 Å². The van der Waals surface area contributed by atoms with Crippen molar-refractivity contribution in [2.75, 3.05) is 12.4 Å². The molecular formula is C14H16BrNO4. The van der Waals surface area contributed by atoms with Crippen molar-refractivity contribution in [2.45, 2.75) is 19.4 Å². The molecule has 20 heavy (non-hydrogen) atoms. The number of anilines is 1. The van der Waals surface area contributed by atoms with E-state index in [1.165, 1.54) is 7.11 Å². The van der Waals surface area contributed by atoms with E-state index in [1.54, 1.807) is 24.3 Å². The SMILES string of the molecule is C=C(CC)C(OC(=O)Nc1ccc(Br)cc1)C(=O)OC. The van der Waals surface area contributed by atoms with Crippen LogP contribution in [0.5, 0.6) is 0 Å². The molecule has 1 amide bonds. The second kappa shape index (κ2) is 7.69. The highest BCUT2D eigenvalue weighted by Gasteiger charge is 2.25. The minimum absolute atomic E-state index is 0.475. The van der Waals surface area contributed by atoms with Gasteiger partial charge in [0.25, 0.3) is 0 Å². The third-order valence-electron chi connectivity index (χ3n) is 2.56. The highest BCUT2D eigenvalue weighted by Crippen LogP contribution is 2.16. The first kappa shape index (κ1) is 16.2. The fraction of sp³-hybridized carbons (Fsp3) is 0.286. The van der Waals surface area contributed by atoms with Gasteiger partial charge in [0.15, 0.2) is 0 Å². The molecule has 6 heteroatoms. The van der Waals surface area contributed by atoms with Gasteiger partial charge in [0, 0.05) is 10.2 Å². The van der Waals surface area contributed by atoms with Crippen molar-refractivity contribution in [3.05, 3.63) is 40.9 Å². The van der Waals surface area contributed by atoms with E-state index >= 15 is 0 Å². The van der Waals surface area contributed by atoms with Crippen LogP contribution in [-0.2, 0) is 14.3 Å². The zero-order valence-electron chi connectivity index (χ0n) is 11.3. The Morgan fingerprint density at radius 3 is 2.45 bits per heavy atom. The van der Waals surface area contributed by atoms with E-state index < -0.39 is 18.2 Å². The van der Waals surface area contributed by atoms with Crippen molar-refractivity contribution < 1.29 is 19.1 Å². The average molecular weight is 342 g/mol. The predicted octanol–water partition coefficient (Wildman–Crippen LogP) is 3.51. The summed E-state index contributed by atoms with van der Waals surface area (Å²) in [6, 6.07) is 6.96. The molecule has 0 aliphatic rings. The third kappa shape index (κ3) is 4.70. The van der Waals surface area contributed by atoms with Gasteiger partial charge < -0.3 is 9.47 Å². The number of rotatable bonds is 5. The van der Waals surface area contributed by atoms with E-state index in [9.17, 15) is 9.59 Å². The number of nitrogens with one attached hydrogen (secondary N) is 1. The molecule has 0 bridgehead atoms. The minimum Gasteiger partial charge on any atom is -0.466 e. The van der Waals surface area contributed by atoms with Crippen LogP contribution in [0.2, 0.25) is 0 Å². The number of hydrogen-bond acceptors (Lipinski definition) is 4. The van der Waals surface area contributed by atoms with Gasteiger partial charge >= 0.3 is 12.1 Å². The molecule has 0 heterocycles. The largest absolute Gasteiger partial charge is 0.466 e. The molecule has 1 N–H and O–H groups in total. The van der Waals surface area contributed by atoms with Gasteiger partial charge in [0.1, 0.15) is 0 Å². The molecule has 0 aliphatic carbocycles. The summed E-state index contributed by atoms with van der Waals surface area (Å²) in [4.78, 5) is 23.3. The molecule has 0 spiro atoms. The van der Waals surface area contributed by atoms with E-state index in [-0.39, 0.29) is 0 Å². The number of esters is 1. The summed E-state index contributed by atoms with van der Waals surface area (Å²) in [7, 11) is 1.23. The second-order valence-electron chi connectivity index (χ2n) is 3.95. The second-order valence-corrected chi connectivity index (χ2v) is 4.87. The maximum atomic E-state index is 11.8. The maximum Gasteiger partial charge on any atom is 0.412 e. The van der Waals surface area contributed by atoms with Crippen LogP contribution in [0.15, 0.2) is 40.9 Å². The summed E-state index contributed by atoms with van der Waals surface area (Å²) >= 11 is 3.29. The minimum atomic E-state index is -1.10. The molecule has 1 atom stereocenters. The Labute approximate surface area is 126 Å². The molecule has 0 aromatic heterocycles. The molecule has 1 aromatic rings.